The van der Waals surface area contributed by atoms with Crippen molar-refractivity contribution in [1.82, 2.24) is 4.57 Å². The van der Waals surface area contributed by atoms with Crippen molar-refractivity contribution < 1.29 is 0 Å². The van der Waals surface area contributed by atoms with Crippen LogP contribution in [0.1, 0.15) is 0 Å². The molecule has 0 spiro atoms. The highest BCUT2D eigenvalue weighted by molar-refractivity contribution is 6.08. The fourth-order valence-corrected chi connectivity index (χ4v) is 10.8. The topological polar surface area (TPSA) is 14.7 Å². The van der Waals surface area contributed by atoms with Crippen molar-refractivity contribution >= 4 is 88.2 Å². The van der Waals surface area contributed by atoms with E-state index in [4.69, 9.17) is 0 Å². The lowest BCUT2D eigenvalue weighted by Gasteiger charge is -2.23. The van der Waals surface area contributed by atoms with Gasteiger partial charge in [0.15, 0.2) is 0 Å². The molecule has 0 fully saturated rings. The highest BCUT2D eigenvalue weighted by Gasteiger charge is 2.13. The second-order valence-electron chi connectivity index (χ2n) is 19.9. The van der Waals surface area contributed by atoms with Gasteiger partial charge < -0.3 is 19.3 Å². The molecule has 0 aliphatic carbocycles. The molecule has 80 heavy (non-hydrogen) atoms. The number of anilines is 6. The van der Waals surface area contributed by atoms with Crippen LogP contribution >= 0.6 is 0 Å². The molecule has 0 bridgehead atoms. The van der Waals surface area contributed by atoms with E-state index < -0.39 is 0 Å². The Morgan fingerprint density at radius 3 is 1.02 bits per heavy atom. The number of fused-ring (bicyclic) bond motifs is 6. The largest absolute Gasteiger partial charge is 0.344 e. The summed E-state index contributed by atoms with van der Waals surface area (Å²) in [6.45, 7) is 0. The average molecular weight is 1030 g/mol. The lowest BCUT2D eigenvalue weighted by molar-refractivity contribution is 1.01. The minimum atomic E-state index is 1.17. The third-order valence-electron chi connectivity index (χ3n) is 15.1. The Balaban J connectivity index is 0.000000115. The Morgan fingerprint density at radius 2 is 0.537 bits per heavy atom. The molecule has 0 radical (unpaired) electrons. The minimum Gasteiger partial charge on any atom is -0.344 e. The Bertz CT molecular complexity index is 4150. The zero-order valence-corrected chi connectivity index (χ0v) is 45.8. The van der Waals surface area contributed by atoms with E-state index in [1.54, 1.807) is 0 Å². The highest BCUT2D eigenvalue weighted by atomic mass is 15.1. The molecule has 0 unspecified atom stereocenters. The van der Waals surface area contributed by atoms with Gasteiger partial charge in [0.05, 0.1) is 0 Å². The van der Waals surface area contributed by atoms with Crippen molar-refractivity contribution in [2.24, 2.45) is 7.05 Å². The van der Waals surface area contributed by atoms with Crippen LogP contribution in [0.25, 0.3) is 76.4 Å². The van der Waals surface area contributed by atoms with E-state index in [9.17, 15) is 0 Å². The van der Waals surface area contributed by atoms with Crippen LogP contribution in [0, 0.1) is 0 Å². The second-order valence-corrected chi connectivity index (χ2v) is 19.9. The van der Waals surface area contributed by atoms with Crippen LogP contribution in [0.4, 0.5) is 34.1 Å². The molecule has 1 aromatic heterocycles. The molecule has 0 aliphatic heterocycles. The molecule has 0 aliphatic rings. The summed E-state index contributed by atoms with van der Waals surface area (Å²) in [5.74, 6) is 0. The molecule has 388 valence electrons. The monoisotopic (exact) mass is 1030 g/mol. The van der Waals surface area contributed by atoms with E-state index in [0.29, 0.717) is 0 Å². The number of benzene rings is 13. The van der Waals surface area contributed by atoms with Gasteiger partial charge in [0.25, 0.3) is 0 Å². The van der Waals surface area contributed by atoms with Gasteiger partial charge in [0.1, 0.15) is 0 Å². The first-order chi connectivity index (χ1) is 39.4. The summed E-state index contributed by atoms with van der Waals surface area (Å²) in [6.07, 6.45) is 0. The number of para-hydroxylation sites is 4. The van der Waals surface area contributed by atoms with Gasteiger partial charge in [-0.15, -0.1) is 0 Å². The average Bonchev–Trinajstić information content (AvgIpc) is 3.86. The van der Waals surface area contributed by atoms with Crippen molar-refractivity contribution in [3.05, 3.63) is 315 Å². The molecule has 0 saturated heterocycles. The van der Waals surface area contributed by atoms with Crippen LogP contribution in [0.15, 0.2) is 315 Å². The molecule has 4 nitrogen and oxygen atoms in total. The normalized spacial score (nSPS) is 10.8. The molecule has 14 rings (SSSR count). The molecule has 1 heterocycles. The van der Waals surface area contributed by atoms with Gasteiger partial charge in [-0.1, -0.05) is 255 Å². The van der Waals surface area contributed by atoms with Crippen molar-refractivity contribution in [2.45, 2.75) is 0 Å². The first kappa shape index (κ1) is 51.9. The maximum Gasteiger partial charge on any atom is 0.0488 e. The Kier molecular flexibility index (Phi) is 15.9. The molecular formula is C76H64N4. The summed E-state index contributed by atoms with van der Waals surface area (Å²) < 4.78 is 2.24. The number of aromatic nitrogens is 1. The maximum atomic E-state index is 2.28. The summed E-state index contributed by atoms with van der Waals surface area (Å²) in [5.41, 5.74) is 14.8. The van der Waals surface area contributed by atoms with E-state index in [1.165, 1.54) is 111 Å². The summed E-state index contributed by atoms with van der Waals surface area (Å²) in [7, 11) is 8.49. The number of rotatable bonds is 8. The highest BCUT2D eigenvalue weighted by Crippen LogP contribution is 2.37. The first-order valence-corrected chi connectivity index (χ1v) is 27.3. The number of hydrogen-bond donors (Lipinski definition) is 0. The molecule has 0 atom stereocenters. The van der Waals surface area contributed by atoms with Gasteiger partial charge in [-0.05, 0) is 93.5 Å². The maximum absolute atomic E-state index is 2.28. The molecule has 14 aromatic rings. The van der Waals surface area contributed by atoms with Gasteiger partial charge >= 0.3 is 0 Å². The summed E-state index contributed by atoms with van der Waals surface area (Å²) in [5, 5.41) is 10.3. The molecule has 0 amide bonds. The van der Waals surface area contributed by atoms with Crippen LogP contribution in [-0.4, -0.2) is 25.7 Å². The predicted octanol–water partition coefficient (Wildman–Crippen LogP) is 20.5. The van der Waals surface area contributed by atoms with Crippen LogP contribution in [0.3, 0.4) is 0 Å². The standard InChI is InChI=1S/C25H21N.C21H17N.C17H15N.C13H11N/c1-26(23-18-16-21(17-19-23)20-10-4-2-5-11-20)25-15-9-8-14-24(25)22-12-6-3-7-13-22;1-22(20-14-6-10-16-8-2-4-12-18(16)20)21-15-7-11-17-9-3-5-13-19(17)21;1-18(15-10-3-2-4-11-15)17-13-7-9-14-8-5-6-12-16(14)17;1-14-12-8-4-2-6-10(12)11-7-3-5-9-13(11)14/h2-19H,1H3;2-15H,1H3;2-13H,1H3;2-9H,1H3. The van der Waals surface area contributed by atoms with Gasteiger partial charge in [0, 0.05) is 106 Å². The van der Waals surface area contributed by atoms with Crippen molar-refractivity contribution in [2.75, 3.05) is 35.8 Å². The summed E-state index contributed by atoms with van der Waals surface area (Å²) in [6, 6.07) is 111. The minimum absolute atomic E-state index is 1.17. The van der Waals surface area contributed by atoms with E-state index in [2.05, 4.69) is 351 Å². The fraction of sp³-hybridized carbons (Fsp3) is 0.0526. The lowest BCUT2D eigenvalue weighted by atomic mass is 10.0. The SMILES string of the molecule is CN(c1ccc(-c2ccccc2)cc1)c1ccccc1-c1ccccc1.CN(c1cccc2ccccc12)c1cccc2ccccc12.CN(c1ccccc1)c1cccc2ccccc12.Cn1c2ccccc2c2ccccc21. The zero-order valence-electron chi connectivity index (χ0n) is 45.8. The number of hydrogen-bond acceptors (Lipinski definition) is 3. The Hall–Kier alpha value is -10.2. The quantitative estimate of drug-likeness (QED) is 0.151. The third-order valence-corrected chi connectivity index (χ3v) is 15.1. The van der Waals surface area contributed by atoms with Crippen LogP contribution in [-0.2, 0) is 7.05 Å². The summed E-state index contributed by atoms with van der Waals surface area (Å²) in [4.78, 5) is 6.75. The van der Waals surface area contributed by atoms with Gasteiger partial charge in [-0.25, -0.2) is 0 Å². The van der Waals surface area contributed by atoms with Crippen molar-refractivity contribution in [1.29, 1.82) is 0 Å². The van der Waals surface area contributed by atoms with E-state index in [0.717, 1.165) is 0 Å². The third kappa shape index (κ3) is 11.3. The van der Waals surface area contributed by atoms with E-state index >= 15 is 0 Å². The van der Waals surface area contributed by atoms with Gasteiger partial charge in [0.2, 0.25) is 0 Å². The predicted molar refractivity (Wildman–Crippen MR) is 347 cm³/mol. The van der Waals surface area contributed by atoms with Crippen LogP contribution in [0.2, 0.25) is 0 Å². The van der Waals surface area contributed by atoms with Gasteiger partial charge in [-0.3, -0.25) is 0 Å². The molecule has 0 saturated carbocycles. The molecular weight excluding hydrogens is 969 g/mol. The van der Waals surface area contributed by atoms with Crippen molar-refractivity contribution in [3.63, 3.8) is 0 Å². The van der Waals surface area contributed by atoms with Gasteiger partial charge in [-0.2, -0.15) is 0 Å². The molecule has 4 heteroatoms. The smallest absolute Gasteiger partial charge is 0.0488 e. The van der Waals surface area contributed by atoms with Crippen LogP contribution < -0.4 is 14.7 Å². The zero-order chi connectivity index (χ0) is 54.6. The molecule has 13 aromatic carbocycles. The number of nitrogens with zero attached hydrogens (tertiary/aromatic N) is 4. The second kappa shape index (κ2) is 24.4. The fourth-order valence-electron chi connectivity index (χ4n) is 10.8. The lowest BCUT2D eigenvalue weighted by Crippen LogP contribution is -2.10. The molecule has 0 N–H and O–H groups in total. The van der Waals surface area contributed by atoms with Crippen molar-refractivity contribution in [3.8, 4) is 22.3 Å². The summed E-state index contributed by atoms with van der Waals surface area (Å²) >= 11 is 0. The van der Waals surface area contributed by atoms with Crippen LogP contribution in [0.5, 0.6) is 0 Å². The Morgan fingerprint density at radius 1 is 0.225 bits per heavy atom. The number of aryl methyl sites for hydroxylation is 1. The van der Waals surface area contributed by atoms with E-state index in [1.807, 2.05) is 12.1 Å². The van der Waals surface area contributed by atoms with E-state index in [-0.39, 0.29) is 0 Å². The first-order valence-electron chi connectivity index (χ1n) is 27.3. The Labute approximate surface area is 470 Å².